The summed E-state index contributed by atoms with van der Waals surface area (Å²) < 4.78 is 2.13. The molecule has 0 N–H and O–H groups in total. The largest absolute Gasteiger partial charge is 0.307 e. The van der Waals surface area contributed by atoms with E-state index >= 15 is 0 Å². The second-order valence-corrected chi connectivity index (χ2v) is 5.55. The molecule has 3 heterocycles. The number of imidazole rings is 1. The van der Waals surface area contributed by atoms with Gasteiger partial charge in [-0.2, -0.15) is 0 Å². The van der Waals surface area contributed by atoms with Gasteiger partial charge in [0.2, 0.25) is 0 Å². The molecule has 0 spiro atoms. The summed E-state index contributed by atoms with van der Waals surface area (Å²) in [7, 11) is 2.20. The van der Waals surface area contributed by atoms with Gasteiger partial charge in [0, 0.05) is 51.5 Å². The first kappa shape index (κ1) is 12.6. The standard InChI is InChI=1S/C15H22N4/c1-13-4-3-6-19-12-14(16-15(13)19)5-7-18-10-8-17(2)9-11-18/h3-4,6,12H,5,7-11H2,1-2H3. The molecule has 4 heteroatoms. The molecule has 0 unspecified atom stereocenters. The van der Waals surface area contributed by atoms with Gasteiger partial charge in [-0.25, -0.2) is 4.98 Å². The Kier molecular flexibility index (Phi) is 3.53. The normalized spacial score (nSPS) is 18.2. The van der Waals surface area contributed by atoms with Gasteiger partial charge < -0.3 is 14.2 Å². The van der Waals surface area contributed by atoms with E-state index in [0.29, 0.717) is 0 Å². The van der Waals surface area contributed by atoms with Gasteiger partial charge in [0.1, 0.15) is 5.65 Å². The zero-order chi connectivity index (χ0) is 13.2. The lowest BCUT2D eigenvalue weighted by atomic mass is 10.2. The zero-order valence-corrected chi connectivity index (χ0v) is 11.8. The third kappa shape index (κ3) is 2.80. The highest BCUT2D eigenvalue weighted by Gasteiger charge is 2.14. The van der Waals surface area contributed by atoms with Crippen LogP contribution in [0, 0.1) is 6.92 Å². The first-order valence-electron chi connectivity index (χ1n) is 7.06. The van der Waals surface area contributed by atoms with Crippen LogP contribution in [0.5, 0.6) is 0 Å². The number of rotatable bonds is 3. The average molecular weight is 258 g/mol. The second kappa shape index (κ2) is 5.31. The summed E-state index contributed by atoms with van der Waals surface area (Å²) in [6.45, 7) is 7.98. The van der Waals surface area contributed by atoms with Gasteiger partial charge in [0.25, 0.3) is 0 Å². The van der Waals surface area contributed by atoms with Crippen LogP contribution in [0.3, 0.4) is 0 Å². The van der Waals surface area contributed by atoms with Crippen LogP contribution in [0.25, 0.3) is 5.65 Å². The maximum atomic E-state index is 4.74. The molecule has 0 aromatic carbocycles. The van der Waals surface area contributed by atoms with E-state index < -0.39 is 0 Å². The molecule has 3 rings (SSSR count). The highest BCUT2D eigenvalue weighted by molar-refractivity contribution is 5.47. The third-order valence-corrected chi connectivity index (χ3v) is 4.01. The Morgan fingerprint density at radius 3 is 2.74 bits per heavy atom. The highest BCUT2D eigenvalue weighted by Crippen LogP contribution is 2.11. The summed E-state index contributed by atoms with van der Waals surface area (Å²) in [6, 6.07) is 4.20. The van der Waals surface area contributed by atoms with Gasteiger partial charge in [-0.15, -0.1) is 0 Å². The molecule has 102 valence electrons. The summed E-state index contributed by atoms with van der Waals surface area (Å²) in [5.74, 6) is 0. The van der Waals surface area contributed by atoms with Gasteiger partial charge in [-0.3, -0.25) is 0 Å². The van der Waals surface area contributed by atoms with Gasteiger partial charge in [0.05, 0.1) is 5.69 Å². The van der Waals surface area contributed by atoms with E-state index in [9.17, 15) is 0 Å². The first-order chi connectivity index (χ1) is 9.22. The quantitative estimate of drug-likeness (QED) is 0.832. The molecule has 2 aromatic heterocycles. The van der Waals surface area contributed by atoms with Crippen molar-refractivity contribution in [3.05, 3.63) is 35.8 Å². The molecule has 0 amide bonds. The molecule has 1 fully saturated rings. The summed E-state index contributed by atoms with van der Waals surface area (Å²) in [5.41, 5.74) is 3.54. The summed E-state index contributed by atoms with van der Waals surface area (Å²) in [5, 5.41) is 0. The minimum Gasteiger partial charge on any atom is -0.307 e. The second-order valence-electron chi connectivity index (χ2n) is 5.55. The monoisotopic (exact) mass is 258 g/mol. The van der Waals surface area contributed by atoms with E-state index in [1.165, 1.54) is 37.4 Å². The van der Waals surface area contributed by atoms with Crippen molar-refractivity contribution in [1.82, 2.24) is 19.2 Å². The topological polar surface area (TPSA) is 23.8 Å². The van der Waals surface area contributed by atoms with Gasteiger partial charge >= 0.3 is 0 Å². The Morgan fingerprint density at radius 2 is 2.00 bits per heavy atom. The highest BCUT2D eigenvalue weighted by atomic mass is 15.2. The maximum absolute atomic E-state index is 4.74. The molecule has 1 saturated heterocycles. The van der Waals surface area contributed by atoms with E-state index in [2.05, 4.69) is 52.7 Å². The fourth-order valence-electron chi connectivity index (χ4n) is 2.67. The van der Waals surface area contributed by atoms with Crippen LogP contribution >= 0.6 is 0 Å². The molecule has 2 aromatic rings. The Labute approximate surface area is 114 Å². The van der Waals surface area contributed by atoms with Crippen molar-refractivity contribution < 1.29 is 0 Å². The van der Waals surface area contributed by atoms with Gasteiger partial charge in [0.15, 0.2) is 0 Å². The average Bonchev–Trinajstić information content (AvgIpc) is 2.83. The van der Waals surface area contributed by atoms with E-state index in [1.54, 1.807) is 0 Å². The van der Waals surface area contributed by atoms with Crippen molar-refractivity contribution in [2.24, 2.45) is 0 Å². The summed E-state index contributed by atoms with van der Waals surface area (Å²) in [6.07, 6.45) is 5.29. The number of hydrogen-bond acceptors (Lipinski definition) is 3. The van der Waals surface area contributed by atoms with E-state index in [-0.39, 0.29) is 0 Å². The molecule has 19 heavy (non-hydrogen) atoms. The number of fused-ring (bicyclic) bond motifs is 1. The van der Waals surface area contributed by atoms with Crippen molar-refractivity contribution in [2.45, 2.75) is 13.3 Å². The van der Waals surface area contributed by atoms with Crippen LogP contribution in [0.4, 0.5) is 0 Å². The van der Waals surface area contributed by atoms with Crippen LogP contribution in [-0.2, 0) is 6.42 Å². The van der Waals surface area contributed by atoms with Crippen LogP contribution in [0.2, 0.25) is 0 Å². The van der Waals surface area contributed by atoms with Gasteiger partial charge in [-0.05, 0) is 25.6 Å². The predicted molar refractivity (Wildman–Crippen MR) is 77.6 cm³/mol. The van der Waals surface area contributed by atoms with Gasteiger partial charge in [-0.1, -0.05) is 6.07 Å². The first-order valence-corrected chi connectivity index (χ1v) is 7.06. The van der Waals surface area contributed by atoms with E-state index in [1.807, 2.05) is 0 Å². The van der Waals surface area contributed by atoms with E-state index in [4.69, 9.17) is 4.98 Å². The summed E-state index contributed by atoms with van der Waals surface area (Å²) in [4.78, 5) is 9.67. The lowest BCUT2D eigenvalue weighted by Gasteiger charge is -2.32. The Bertz CT molecular complexity index is 552. The van der Waals surface area contributed by atoms with Crippen LogP contribution in [0.15, 0.2) is 24.5 Å². The smallest absolute Gasteiger partial charge is 0.139 e. The molecule has 0 atom stereocenters. The molecular weight excluding hydrogens is 236 g/mol. The lowest BCUT2D eigenvalue weighted by molar-refractivity contribution is 0.155. The molecule has 4 nitrogen and oxygen atoms in total. The molecule has 0 radical (unpaired) electrons. The molecule has 0 aliphatic carbocycles. The van der Waals surface area contributed by atoms with E-state index in [0.717, 1.165) is 18.6 Å². The molecule has 1 aliphatic heterocycles. The molecule has 0 bridgehead atoms. The Hall–Kier alpha value is -1.39. The van der Waals surface area contributed by atoms with Crippen molar-refractivity contribution in [3.8, 4) is 0 Å². The van der Waals surface area contributed by atoms with Crippen molar-refractivity contribution in [1.29, 1.82) is 0 Å². The number of piperazine rings is 1. The molecule has 0 saturated carbocycles. The number of aryl methyl sites for hydroxylation is 1. The number of hydrogen-bond donors (Lipinski definition) is 0. The predicted octanol–water partition coefficient (Wildman–Crippen LogP) is 1.43. The zero-order valence-electron chi connectivity index (χ0n) is 11.8. The van der Waals surface area contributed by atoms with Crippen LogP contribution in [-0.4, -0.2) is 59.0 Å². The number of likely N-dealkylation sites (N-methyl/N-ethyl adjacent to an activating group) is 1. The number of aromatic nitrogens is 2. The van der Waals surface area contributed by atoms with Crippen molar-refractivity contribution >= 4 is 5.65 Å². The fraction of sp³-hybridized carbons (Fsp3) is 0.533. The maximum Gasteiger partial charge on any atom is 0.139 e. The molecular formula is C15H22N4. The van der Waals surface area contributed by atoms with Crippen LogP contribution < -0.4 is 0 Å². The third-order valence-electron chi connectivity index (χ3n) is 4.01. The fourth-order valence-corrected chi connectivity index (χ4v) is 2.67. The van der Waals surface area contributed by atoms with Crippen molar-refractivity contribution in [3.63, 3.8) is 0 Å². The minimum absolute atomic E-state index is 1.05. The number of nitrogens with zero attached hydrogens (tertiary/aromatic N) is 4. The Morgan fingerprint density at radius 1 is 1.21 bits per heavy atom. The number of pyridine rings is 1. The Balaban J connectivity index is 1.64. The molecule has 1 aliphatic rings. The summed E-state index contributed by atoms with van der Waals surface area (Å²) >= 11 is 0. The minimum atomic E-state index is 1.05. The SMILES string of the molecule is Cc1cccn2cc(CCN3CCN(C)CC3)nc12. The van der Waals surface area contributed by atoms with Crippen LogP contribution in [0.1, 0.15) is 11.3 Å². The van der Waals surface area contributed by atoms with Crippen molar-refractivity contribution in [2.75, 3.05) is 39.8 Å². The lowest BCUT2D eigenvalue weighted by Crippen LogP contribution is -2.45.